The molecule has 4 nitrogen and oxygen atoms in total. The van der Waals surface area contributed by atoms with Crippen molar-refractivity contribution in [1.29, 1.82) is 0 Å². The molecule has 0 aromatic carbocycles. The molecule has 2 N–H and O–H groups in total. The van der Waals surface area contributed by atoms with E-state index in [0.29, 0.717) is 23.7 Å². The maximum absolute atomic E-state index is 12.0. The summed E-state index contributed by atoms with van der Waals surface area (Å²) in [6.07, 6.45) is 0.675. The molecule has 0 aliphatic carbocycles. The normalized spacial score (nSPS) is 12.5. The molecule has 1 aromatic rings. The van der Waals surface area contributed by atoms with Crippen molar-refractivity contribution < 1.29 is 9.90 Å². The number of carbonyl (C=O) groups excluding carboxylic acids is 1. The van der Waals surface area contributed by atoms with Crippen LogP contribution in [0.3, 0.4) is 0 Å². The lowest BCUT2D eigenvalue weighted by Gasteiger charge is -2.12. The van der Waals surface area contributed by atoms with Gasteiger partial charge >= 0.3 is 0 Å². The summed E-state index contributed by atoms with van der Waals surface area (Å²) >= 11 is 5.93. The van der Waals surface area contributed by atoms with E-state index in [9.17, 15) is 4.79 Å². The van der Waals surface area contributed by atoms with Gasteiger partial charge in [-0.2, -0.15) is 0 Å². The van der Waals surface area contributed by atoms with Crippen LogP contribution in [0.4, 0.5) is 0 Å². The van der Waals surface area contributed by atoms with Gasteiger partial charge in [0.25, 0.3) is 5.91 Å². The third kappa shape index (κ3) is 5.17. The van der Waals surface area contributed by atoms with E-state index in [4.69, 9.17) is 16.7 Å². The lowest BCUT2D eigenvalue weighted by atomic mass is 10.1. The average molecular weight is 285 g/mol. The first kappa shape index (κ1) is 15.9. The standard InChI is InChI=1S/C14H21ClN2O2/c1-9(2)12-6-11(7-13(15)17-12)14(19)16-8-10(3)4-5-18/h6-7,9-10,18H,4-5,8H2,1-3H3,(H,16,19). The second-order valence-electron chi connectivity index (χ2n) is 5.09. The van der Waals surface area contributed by atoms with Gasteiger partial charge in [-0.3, -0.25) is 4.79 Å². The van der Waals surface area contributed by atoms with Crippen LogP contribution in [-0.2, 0) is 0 Å². The van der Waals surface area contributed by atoms with Gasteiger partial charge in [-0.1, -0.05) is 32.4 Å². The number of aromatic nitrogens is 1. The molecule has 0 spiro atoms. The van der Waals surface area contributed by atoms with Crippen LogP contribution in [0.2, 0.25) is 5.15 Å². The van der Waals surface area contributed by atoms with E-state index in [2.05, 4.69) is 10.3 Å². The molecular weight excluding hydrogens is 264 g/mol. The van der Waals surface area contributed by atoms with Crippen molar-refractivity contribution >= 4 is 17.5 Å². The minimum absolute atomic E-state index is 0.135. The number of carbonyl (C=O) groups is 1. The Morgan fingerprint density at radius 1 is 1.42 bits per heavy atom. The number of hydrogen-bond acceptors (Lipinski definition) is 3. The summed E-state index contributed by atoms with van der Waals surface area (Å²) in [6, 6.07) is 3.34. The van der Waals surface area contributed by atoms with Crippen molar-refractivity contribution in [1.82, 2.24) is 10.3 Å². The minimum Gasteiger partial charge on any atom is -0.396 e. The number of pyridine rings is 1. The number of amides is 1. The summed E-state index contributed by atoms with van der Waals surface area (Å²) in [5.74, 6) is 0.311. The second-order valence-corrected chi connectivity index (χ2v) is 5.47. The molecular formula is C14H21ClN2O2. The number of aliphatic hydroxyl groups is 1. The molecule has 0 aliphatic rings. The lowest BCUT2D eigenvalue weighted by molar-refractivity contribution is 0.0945. The summed E-state index contributed by atoms with van der Waals surface area (Å²) in [6.45, 7) is 6.66. The molecule has 106 valence electrons. The number of nitrogens with zero attached hydrogens (tertiary/aromatic N) is 1. The van der Waals surface area contributed by atoms with Gasteiger partial charge in [0.05, 0.1) is 0 Å². The van der Waals surface area contributed by atoms with Gasteiger partial charge in [0.2, 0.25) is 0 Å². The van der Waals surface area contributed by atoms with Gasteiger partial charge in [-0.25, -0.2) is 4.98 Å². The van der Waals surface area contributed by atoms with Gasteiger partial charge in [0.1, 0.15) is 5.15 Å². The van der Waals surface area contributed by atoms with Crippen LogP contribution in [-0.4, -0.2) is 29.1 Å². The van der Waals surface area contributed by atoms with Gasteiger partial charge in [-0.05, 0) is 30.4 Å². The minimum atomic E-state index is -0.156. The quantitative estimate of drug-likeness (QED) is 0.789. The highest BCUT2D eigenvalue weighted by molar-refractivity contribution is 6.29. The second kappa shape index (κ2) is 7.46. The maximum atomic E-state index is 12.0. The molecule has 0 radical (unpaired) electrons. The zero-order valence-electron chi connectivity index (χ0n) is 11.6. The fourth-order valence-electron chi connectivity index (χ4n) is 1.64. The van der Waals surface area contributed by atoms with E-state index >= 15 is 0 Å². The number of aliphatic hydroxyl groups excluding tert-OH is 1. The summed E-state index contributed by atoms with van der Waals surface area (Å²) in [5.41, 5.74) is 1.33. The first-order valence-corrected chi connectivity index (χ1v) is 6.88. The maximum Gasteiger partial charge on any atom is 0.251 e. The Balaban J connectivity index is 2.71. The zero-order chi connectivity index (χ0) is 14.4. The summed E-state index contributed by atoms with van der Waals surface area (Å²) in [7, 11) is 0. The van der Waals surface area contributed by atoms with Crippen LogP contribution in [0.5, 0.6) is 0 Å². The van der Waals surface area contributed by atoms with Crippen molar-refractivity contribution in [2.45, 2.75) is 33.1 Å². The molecule has 19 heavy (non-hydrogen) atoms. The van der Waals surface area contributed by atoms with Crippen LogP contribution >= 0.6 is 11.6 Å². The SMILES string of the molecule is CC(CCO)CNC(=O)c1cc(Cl)nc(C(C)C)c1. The van der Waals surface area contributed by atoms with Gasteiger partial charge in [-0.15, -0.1) is 0 Å². The molecule has 0 fully saturated rings. The molecule has 5 heteroatoms. The predicted octanol–water partition coefficient (Wildman–Crippen LogP) is 2.61. The van der Waals surface area contributed by atoms with Crippen LogP contribution in [0.15, 0.2) is 12.1 Å². The highest BCUT2D eigenvalue weighted by atomic mass is 35.5. The molecule has 1 aromatic heterocycles. The van der Waals surface area contributed by atoms with E-state index in [0.717, 1.165) is 5.69 Å². The Kier molecular flexibility index (Phi) is 6.25. The summed E-state index contributed by atoms with van der Waals surface area (Å²) in [4.78, 5) is 16.2. The van der Waals surface area contributed by atoms with Crippen molar-refractivity contribution in [3.63, 3.8) is 0 Å². The number of hydrogen-bond donors (Lipinski definition) is 2. The molecule has 0 bridgehead atoms. The van der Waals surface area contributed by atoms with Crippen molar-refractivity contribution in [3.05, 3.63) is 28.5 Å². The number of nitrogens with one attached hydrogen (secondary N) is 1. The topological polar surface area (TPSA) is 62.2 Å². The highest BCUT2D eigenvalue weighted by Crippen LogP contribution is 2.17. The van der Waals surface area contributed by atoms with E-state index in [1.807, 2.05) is 20.8 Å². The van der Waals surface area contributed by atoms with E-state index in [1.165, 1.54) is 0 Å². The van der Waals surface area contributed by atoms with E-state index < -0.39 is 0 Å². The molecule has 1 amide bonds. The molecule has 1 unspecified atom stereocenters. The Morgan fingerprint density at radius 3 is 2.68 bits per heavy atom. The van der Waals surface area contributed by atoms with E-state index in [1.54, 1.807) is 12.1 Å². The molecule has 0 saturated carbocycles. The van der Waals surface area contributed by atoms with Gasteiger partial charge in [0.15, 0.2) is 0 Å². The average Bonchev–Trinajstić information content (AvgIpc) is 2.35. The van der Waals surface area contributed by atoms with Crippen LogP contribution < -0.4 is 5.32 Å². The highest BCUT2D eigenvalue weighted by Gasteiger charge is 2.12. The fourth-order valence-corrected chi connectivity index (χ4v) is 1.85. The monoisotopic (exact) mass is 284 g/mol. The number of halogens is 1. The fraction of sp³-hybridized carbons (Fsp3) is 0.571. The summed E-state index contributed by atoms with van der Waals surface area (Å²) < 4.78 is 0. The van der Waals surface area contributed by atoms with Crippen molar-refractivity contribution in [2.24, 2.45) is 5.92 Å². The van der Waals surface area contributed by atoms with Gasteiger partial charge in [0, 0.05) is 24.4 Å². The van der Waals surface area contributed by atoms with Crippen LogP contribution in [0.1, 0.15) is 49.2 Å². The molecule has 0 aliphatic heterocycles. The molecule has 1 heterocycles. The Morgan fingerprint density at radius 2 is 2.11 bits per heavy atom. The van der Waals surface area contributed by atoms with Crippen molar-refractivity contribution in [2.75, 3.05) is 13.2 Å². The third-order valence-corrected chi connectivity index (χ3v) is 3.09. The molecule has 1 rings (SSSR count). The largest absolute Gasteiger partial charge is 0.396 e. The molecule has 0 saturated heterocycles. The Hall–Kier alpha value is -1.13. The first-order valence-electron chi connectivity index (χ1n) is 6.50. The van der Waals surface area contributed by atoms with Crippen LogP contribution in [0, 0.1) is 5.92 Å². The Bertz CT molecular complexity index is 435. The molecule has 1 atom stereocenters. The third-order valence-electron chi connectivity index (χ3n) is 2.90. The van der Waals surface area contributed by atoms with Crippen LogP contribution in [0.25, 0.3) is 0 Å². The van der Waals surface area contributed by atoms with Gasteiger partial charge < -0.3 is 10.4 Å². The summed E-state index contributed by atoms with van der Waals surface area (Å²) in [5, 5.41) is 12.0. The van der Waals surface area contributed by atoms with E-state index in [-0.39, 0.29) is 24.3 Å². The van der Waals surface area contributed by atoms with Crippen molar-refractivity contribution in [3.8, 4) is 0 Å². The zero-order valence-corrected chi connectivity index (χ0v) is 12.4. The first-order chi connectivity index (χ1) is 8.93. The smallest absolute Gasteiger partial charge is 0.251 e. The number of rotatable bonds is 6. The Labute approximate surface area is 119 Å². The lowest BCUT2D eigenvalue weighted by Crippen LogP contribution is -2.28. The predicted molar refractivity (Wildman–Crippen MR) is 76.5 cm³/mol.